The van der Waals surface area contributed by atoms with Gasteiger partial charge in [0, 0.05) is 22.3 Å². The summed E-state index contributed by atoms with van der Waals surface area (Å²) in [7, 11) is 0. The second kappa shape index (κ2) is 5.77. The van der Waals surface area contributed by atoms with Crippen LogP contribution in [0.5, 0.6) is 0 Å². The van der Waals surface area contributed by atoms with Gasteiger partial charge in [0.2, 0.25) is 0 Å². The lowest BCUT2D eigenvalue weighted by Gasteiger charge is -2.09. The van der Waals surface area contributed by atoms with Gasteiger partial charge in [-0.3, -0.25) is 14.4 Å². The van der Waals surface area contributed by atoms with E-state index in [-0.39, 0.29) is 34.3 Å². The summed E-state index contributed by atoms with van der Waals surface area (Å²) in [5.41, 5.74) is 2.12. The molecule has 0 bridgehead atoms. The Morgan fingerprint density at radius 1 is 0.769 bits per heavy atom. The number of fused-ring (bicyclic) bond motifs is 2. The first-order valence-electron chi connectivity index (χ1n) is 8.13. The van der Waals surface area contributed by atoms with Gasteiger partial charge in [0.25, 0.3) is 0 Å². The van der Waals surface area contributed by atoms with Crippen molar-refractivity contribution >= 4 is 23.1 Å². The Morgan fingerprint density at radius 3 is 1.73 bits per heavy atom. The van der Waals surface area contributed by atoms with Gasteiger partial charge in [-0.1, -0.05) is 54.3 Å². The van der Waals surface area contributed by atoms with E-state index in [9.17, 15) is 19.5 Å². The Bertz CT molecular complexity index is 1060. The molecular weight excluding hydrogens is 328 g/mol. The molecule has 126 valence electrons. The molecule has 2 aliphatic carbocycles. The predicted octanol–water partition coefficient (Wildman–Crippen LogP) is 2.91. The molecule has 4 nitrogen and oxygen atoms in total. The largest absolute Gasteiger partial charge is 0.872 e. The molecule has 2 aromatic rings. The van der Waals surface area contributed by atoms with Crippen LogP contribution in [0.2, 0.25) is 0 Å². The minimum atomic E-state index is -0.337. The molecule has 0 amide bonds. The summed E-state index contributed by atoms with van der Waals surface area (Å²) in [4.78, 5) is 37.3. The number of ketones is 3. The van der Waals surface area contributed by atoms with E-state index in [2.05, 4.69) is 0 Å². The van der Waals surface area contributed by atoms with Crippen LogP contribution < -0.4 is 5.11 Å². The molecule has 26 heavy (non-hydrogen) atoms. The maximum absolute atomic E-state index is 12.4. The molecule has 0 saturated carbocycles. The summed E-state index contributed by atoms with van der Waals surface area (Å²) >= 11 is 0. The van der Waals surface area contributed by atoms with Crippen molar-refractivity contribution in [3.63, 3.8) is 0 Å². The molecule has 0 saturated heterocycles. The fourth-order valence-corrected chi connectivity index (χ4v) is 3.30. The fraction of sp³-hybridized carbons (Fsp3) is 0.0455. The molecular formula is C22H13O4-. The lowest BCUT2D eigenvalue weighted by molar-refractivity contribution is -0.244. The quantitative estimate of drug-likeness (QED) is 0.622. The highest BCUT2D eigenvalue weighted by Gasteiger charge is 2.32. The summed E-state index contributed by atoms with van der Waals surface area (Å²) in [6.07, 6.45) is 2.89. The van der Waals surface area contributed by atoms with Gasteiger partial charge in [0.15, 0.2) is 17.3 Å². The second-order valence-corrected chi connectivity index (χ2v) is 6.27. The number of carbonyl (C=O) groups is 3. The van der Waals surface area contributed by atoms with Crippen LogP contribution in [0.25, 0.3) is 5.76 Å². The standard InChI is InChI=1S/C22H14O4/c1-12(10-17-19(23)13-6-2-3-7-14(13)20(17)24)11-18-21(25)15-8-4-5-9-16(15)22(18)26/h2-11,23H,1H3/p-1/b12-10+. The molecule has 0 aliphatic heterocycles. The first kappa shape index (κ1) is 16.0. The second-order valence-electron chi connectivity index (χ2n) is 6.27. The Hall–Kier alpha value is -3.53. The van der Waals surface area contributed by atoms with E-state index in [0.29, 0.717) is 27.8 Å². The van der Waals surface area contributed by atoms with Gasteiger partial charge in [-0.15, -0.1) is 0 Å². The van der Waals surface area contributed by atoms with Crippen LogP contribution in [0.4, 0.5) is 0 Å². The maximum atomic E-state index is 12.4. The summed E-state index contributed by atoms with van der Waals surface area (Å²) in [5, 5.41) is 12.4. The van der Waals surface area contributed by atoms with Gasteiger partial charge >= 0.3 is 0 Å². The van der Waals surface area contributed by atoms with Gasteiger partial charge in [-0.2, -0.15) is 0 Å². The molecule has 4 rings (SSSR count). The van der Waals surface area contributed by atoms with E-state index >= 15 is 0 Å². The van der Waals surface area contributed by atoms with E-state index in [0.717, 1.165) is 0 Å². The van der Waals surface area contributed by atoms with Gasteiger partial charge < -0.3 is 5.11 Å². The highest BCUT2D eigenvalue weighted by Crippen LogP contribution is 2.31. The SMILES string of the molecule is C/C(C=C1C(=O)c2ccccc2C1=O)=C\C1=C([O-])c2ccccc2C1=O. The normalized spacial score (nSPS) is 16.3. The Kier molecular flexibility index (Phi) is 3.55. The Labute approximate surface area is 149 Å². The van der Waals surface area contributed by atoms with Crippen molar-refractivity contribution in [2.24, 2.45) is 0 Å². The Balaban J connectivity index is 1.72. The number of allylic oxidation sites excluding steroid dienone is 5. The third-order valence-corrected chi connectivity index (χ3v) is 4.56. The summed E-state index contributed by atoms with van der Waals surface area (Å²) in [6.45, 7) is 1.66. The average Bonchev–Trinajstić information content (AvgIpc) is 3.03. The monoisotopic (exact) mass is 341 g/mol. The molecule has 0 N–H and O–H groups in total. The highest BCUT2D eigenvalue weighted by atomic mass is 16.3. The van der Waals surface area contributed by atoms with Crippen molar-refractivity contribution < 1.29 is 19.5 Å². The van der Waals surface area contributed by atoms with Crippen LogP contribution >= 0.6 is 0 Å². The predicted molar refractivity (Wildman–Crippen MR) is 94.6 cm³/mol. The van der Waals surface area contributed by atoms with E-state index in [1.54, 1.807) is 55.5 Å². The van der Waals surface area contributed by atoms with Crippen molar-refractivity contribution in [2.45, 2.75) is 6.92 Å². The van der Waals surface area contributed by atoms with Gasteiger partial charge in [-0.05, 0) is 30.2 Å². The van der Waals surface area contributed by atoms with Crippen molar-refractivity contribution in [2.75, 3.05) is 0 Å². The van der Waals surface area contributed by atoms with Crippen LogP contribution in [0.1, 0.15) is 43.6 Å². The lowest BCUT2D eigenvalue weighted by atomic mass is 10.0. The molecule has 0 heterocycles. The molecule has 0 fully saturated rings. The van der Waals surface area contributed by atoms with Crippen molar-refractivity contribution in [1.82, 2.24) is 0 Å². The molecule has 4 heteroatoms. The van der Waals surface area contributed by atoms with Gasteiger partial charge in [-0.25, -0.2) is 0 Å². The highest BCUT2D eigenvalue weighted by molar-refractivity contribution is 6.39. The number of Topliss-reactive ketones (excluding diaryl/α,β-unsaturated/α-hetero) is 3. The summed E-state index contributed by atoms with van der Waals surface area (Å²) in [6, 6.07) is 13.3. The minimum absolute atomic E-state index is 0.0518. The van der Waals surface area contributed by atoms with Gasteiger partial charge in [0.05, 0.1) is 5.57 Å². The van der Waals surface area contributed by atoms with Crippen LogP contribution in [0, 0.1) is 0 Å². The van der Waals surface area contributed by atoms with Crippen LogP contribution in [0.15, 0.2) is 77.4 Å². The molecule has 2 aromatic carbocycles. The number of hydrogen-bond donors (Lipinski definition) is 0. The molecule has 0 atom stereocenters. The Morgan fingerprint density at radius 2 is 1.23 bits per heavy atom. The van der Waals surface area contributed by atoms with Crippen LogP contribution in [-0.2, 0) is 0 Å². The van der Waals surface area contributed by atoms with E-state index < -0.39 is 0 Å². The molecule has 0 aromatic heterocycles. The van der Waals surface area contributed by atoms with Crippen LogP contribution in [-0.4, -0.2) is 17.3 Å². The van der Waals surface area contributed by atoms with E-state index in [1.165, 1.54) is 12.2 Å². The summed E-state index contributed by atoms with van der Waals surface area (Å²) in [5.74, 6) is -1.35. The number of rotatable bonds is 2. The molecule has 2 aliphatic rings. The fourth-order valence-electron chi connectivity index (χ4n) is 3.30. The van der Waals surface area contributed by atoms with Crippen molar-refractivity contribution in [3.05, 3.63) is 99.7 Å². The van der Waals surface area contributed by atoms with E-state index in [4.69, 9.17) is 0 Å². The topological polar surface area (TPSA) is 74.3 Å². The minimum Gasteiger partial charge on any atom is -0.872 e. The first-order valence-corrected chi connectivity index (χ1v) is 8.13. The van der Waals surface area contributed by atoms with E-state index in [1.807, 2.05) is 0 Å². The third kappa shape index (κ3) is 2.27. The zero-order valence-electron chi connectivity index (χ0n) is 13.9. The number of benzene rings is 2. The lowest BCUT2D eigenvalue weighted by Crippen LogP contribution is -2.03. The van der Waals surface area contributed by atoms with Crippen LogP contribution in [0.3, 0.4) is 0 Å². The van der Waals surface area contributed by atoms with Gasteiger partial charge in [0.1, 0.15) is 0 Å². The molecule has 0 unspecified atom stereocenters. The number of hydrogen-bond acceptors (Lipinski definition) is 4. The molecule has 0 radical (unpaired) electrons. The average molecular weight is 341 g/mol. The smallest absolute Gasteiger partial charge is 0.197 e. The van der Waals surface area contributed by atoms with Crippen molar-refractivity contribution in [3.8, 4) is 0 Å². The zero-order valence-corrected chi connectivity index (χ0v) is 13.9. The third-order valence-electron chi connectivity index (χ3n) is 4.56. The molecule has 0 spiro atoms. The zero-order chi connectivity index (χ0) is 18.4. The van der Waals surface area contributed by atoms with Crippen molar-refractivity contribution in [1.29, 1.82) is 0 Å². The summed E-state index contributed by atoms with van der Waals surface area (Å²) < 4.78 is 0. The first-order chi connectivity index (χ1) is 12.5. The number of carbonyl (C=O) groups excluding carboxylic acids is 3. The maximum Gasteiger partial charge on any atom is 0.197 e.